The summed E-state index contributed by atoms with van der Waals surface area (Å²) in [5.41, 5.74) is 6.58. The van der Waals surface area contributed by atoms with Gasteiger partial charge in [-0.15, -0.1) is 0 Å². The van der Waals surface area contributed by atoms with Crippen LogP contribution >= 0.6 is 0 Å². The van der Waals surface area contributed by atoms with Crippen molar-refractivity contribution in [3.8, 4) is 0 Å². The second-order valence-corrected chi connectivity index (χ2v) is 6.62. The molecule has 0 aliphatic rings. The number of nitrogens with one attached hydrogen (secondary N) is 3. The molecule has 0 aliphatic carbocycles. The van der Waals surface area contributed by atoms with E-state index < -0.39 is 33.7 Å². The van der Waals surface area contributed by atoms with Crippen molar-refractivity contribution in [2.75, 3.05) is 13.1 Å². The van der Waals surface area contributed by atoms with E-state index in [2.05, 4.69) is 10.0 Å². The second-order valence-electron chi connectivity index (χ2n) is 4.90. The van der Waals surface area contributed by atoms with Crippen molar-refractivity contribution in [1.82, 2.24) is 15.5 Å². The van der Waals surface area contributed by atoms with Gasteiger partial charge in [0, 0.05) is 6.54 Å². The summed E-state index contributed by atoms with van der Waals surface area (Å²) in [5, 5.41) is 11.1. The summed E-state index contributed by atoms with van der Waals surface area (Å²) in [6, 6.07) is 1.81. The number of amides is 2. The van der Waals surface area contributed by atoms with Gasteiger partial charge < -0.3 is 11.1 Å². The van der Waals surface area contributed by atoms with Crippen molar-refractivity contribution in [2.45, 2.75) is 24.3 Å². The molecular weight excluding hydrogens is 343 g/mol. The Morgan fingerprint density at radius 3 is 2.58 bits per heavy atom. The number of benzene rings is 1. The minimum Gasteiger partial charge on any atom is -0.355 e. The Kier molecular flexibility index (Phi) is 7.22. The first-order valence-electron chi connectivity index (χ1n) is 6.90. The van der Waals surface area contributed by atoms with Crippen LogP contribution in [0.3, 0.4) is 0 Å². The average molecular weight is 362 g/mol. The van der Waals surface area contributed by atoms with Crippen LogP contribution < -0.4 is 21.3 Å². The minimum atomic E-state index is -4.14. The van der Waals surface area contributed by atoms with Crippen molar-refractivity contribution in [3.05, 3.63) is 29.6 Å². The van der Waals surface area contributed by atoms with E-state index in [0.29, 0.717) is 0 Å². The maximum atomic E-state index is 13.2. The molecule has 0 saturated carbocycles. The first kappa shape index (κ1) is 20.0. The predicted octanol–water partition coefficient (Wildman–Crippen LogP) is -1.25. The van der Waals surface area contributed by atoms with Crippen LogP contribution in [0.5, 0.6) is 0 Å². The van der Waals surface area contributed by atoms with Crippen molar-refractivity contribution < 1.29 is 27.6 Å². The van der Waals surface area contributed by atoms with Crippen LogP contribution in [0.2, 0.25) is 0 Å². The number of aryl methyl sites for hydroxylation is 1. The third-order valence-electron chi connectivity index (χ3n) is 3.10. The quantitative estimate of drug-likeness (QED) is 0.288. The Balaban J connectivity index is 2.89. The number of hydrogen-bond donors (Lipinski definition) is 5. The molecule has 0 aliphatic heterocycles. The number of carbonyl (C=O) groups is 2. The monoisotopic (exact) mass is 362 g/mol. The van der Waals surface area contributed by atoms with Crippen LogP contribution in [-0.2, 0) is 19.6 Å². The first-order valence-corrected chi connectivity index (χ1v) is 8.38. The third-order valence-corrected chi connectivity index (χ3v) is 4.57. The van der Waals surface area contributed by atoms with E-state index >= 15 is 0 Å². The molecule has 2 amide bonds. The van der Waals surface area contributed by atoms with Gasteiger partial charge in [-0.05, 0) is 37.1 Å². The summed E-state index contributed by atoms with van der Waals surface area (Å²) in [7, 11) is -4.14. The lowest BCUT2D eigenvalue weighted by Gasteiger charge is -2.17. The highest BCUT2D eigenvalue weighted by molar-refractivity contribution is 7.89. The summed E-state index contributed by atoms with van der Waals surface area (Å²) in [4.78, 5) is 22.4. The van der Waals surface area contributed by atoms with Crippen molar-refractivity contribution in [1.29, 1.82) is 0 Å². The summed E-state index contributed by atoms with van der Waals surface area (Å²) in [5.74, 6) is -2.04. The molecule has 134 valence electrons. The minimum absolute atomic E-state index is 0.0426. The fourth-order valence-corrected chi connectivity index (χ4v) is 3.10. The van der Waals surface area contributed by atoms with Gasteiger partial charge in [-0.1, -0.05) is 0 Å². The SMILES string of the molecule is Cc1cc(S(=O)(=O)NC(CCNC(=O)CN)C(=O)NO)ccc1F. The fraction of sp³-hybridized carbons (Fsp3) is 0.385. The molecule has 9 nitrogen and oxygen atoms in total. The summed E-state index contributed by atoms with van der Waals surface area (Å²) >= 11 is 0. The molecule has 24 heavy (non-hydrogen) atoms. The molecule has 0 bridgehead atoms. The molecule has 0 aromatic heterocycles. The second kappa shape index (κ2) is 8.68. The van der Waals surface area contributed by atoms with Crippen molar-refractivity contribution in [2.24, 2.45) is 5.73 Å². The zero-order chi connectivity index (χ0) is 18.3. The normalized spacial score (nSPS) is 12.5. The molecule has 1 unspecified atom stereocenters. The Hall–Kier alpha value is -2.08. The maximum absolute atomic E-state index is 13.2. The summed E-state index contributed by atoms with van der Waals surface area (Å²) in [6.07, 6.45) is -0.127. The van der Waals surface area contributed by atoms with Gasteiger partial charge in [0.15, 0.2) is 0 Å². The maximum Gasteiger partial charge on any atom is 0.261 e. The van der Waals surface area contributed by atoms with E-state index in [9.17, 15) is 22.4 Å². The van der Waals surface area contributed by atoms with E-state index in [4.69, 9.17) is 10.9 Å². The van der Waals surface area contributed by atoms with Crippen LogP contribution in [0, 0.1) is 12.7 Å². The molecule has 1 rings (SSSR count). The Morgan fingerprint density at radius 2 is 2.04 bits per heavy atom. The first-order chi connectivity index (χ1) is 11.2. The van der Waals surface area contributed by atoms with E-state index in [1.165, 1.54) is 12.4 Å². The zero-order valence-corrected chi connectivity index (χ0v) is 13.7. The van der Waals surface area contributed by atoms with E-state index in [-0.39, 0.29) is 30.0 Å². The number of nitrogens with two attached hydrogens (primary N) is 1. The standard InChI is InChI=1S/C13H19FN4O5S/c1-8-6-9(2-3-10(8)14)24(22,23)18-11(13(20)17-21)4-5-16-12(19)7-15/h2-3,6,11,18,21H,4-5,7,15H2,1H3,(H,16,19)(H,17,20). The molecule has 0 spiro atoms. The van der Waals surface area contributed by atoms with Crippen LogP contribution in [0.4, 0.5) is 4.39 Å². The molecule has 1 aromatic rings. The number of halogens is 1. The van der Waals surface area contributed by atoms with Gasteiger partial charge >= 0.3 is 0 Å². The van der Waals surface area contributed by atoms with Gasteiger partial charge in [0.1, 0.15) is 11.9 Å². The molecule has 0 radical (unpaired) electrons. The molecular formula is C13H19FN4O5S. The molecule has 1 atom stereocenters. The van der Waals surface area contributed by atoms with E-state index in [1.54, 1.807) is 0 Å². The number of hydroxylamine groups is 1. The Morgan fingerprint density at radius 1 is 1.38 bits per heavy atom. The smallest absolute Gasteiger partial charge is 0.261 e. The van der Waals surface area contributed by atoms with Gasteiger partial charge in [-0.2, -0.15) is 4.72 Å². The number of hydrogen-bond acceptors (Lipinski definition) is 6. The van der Waals surface area contributed by atoms with Crippen LogP contribution in [0.15, 0.2) is 23.1 Å². The highest BCUT2D eigenvalue weighted by Gasteiger charge is 2.25. The largest absolute Gasteiger partial charge is 0.355 e. The van der Waals surface area contributed by atoms with Gasteiger partial charge in [0.25, 0.3) is 5.91 Å². The van der Waals surface area contributed by atoms with Crippen LogP contribution in [0.25, 0.3) is 0 Å². The molecule has 0 heterocycles. The lowest BCUT2D eigenvalue weighted by atomic mass is 10.2. The van der Waals surface area contributed by atoms with E-state index in [1.807, 2.05) is 0 Å². The molecule has 1 aromatic carbocycles. The summed E-state index contributed by atoms with van der Waals surface area (Å²) < 4.78 is 39.9. The Labute approximate surface area is 138 Å². The molecule has 6 N–H and O–H groups in total. The topological polar surface area (TPSA) is 151 Å². The van der Waals surface area contributed by atoms with E-state index in [0.717, 1.165) is 18.2 Å². The third kappa shape index (κ3) is 5.53. The fourth-order valence-electron chi connectivity index (χ4n) is 1.79. The molecule has 0 saturated heterocycles. The van der Waals surface area contributed by atoms with Crippen molar-refractivity contribution in [3.63, 3.8) is 0 Å². The van der Waals surface area contributed by atoms with Gasteiger partial charge in [-0.3, -0.25) is 14.8 Å². The lowest BCUT2D eigenvalue weighted by molar-refractivity contribution is -0.131. The number of rotatable bonds is 8. The van der Waals surface area contributed by atoms with Gasteiger partial charge in [0.2, 0.25) is 15.9 Å². The molecule has 0 fully saturated rings. The highest BCUT2D eigenvalue weighted by atomic mass is 32.2. The van der Waals surface area contributed by atoms with Gasteiger partial charge in [0.05, 0.1) is 11.4 Å². The van der Waals surface area contributed by atoms with Crippen LogP contribution in [-0.4, -0.2) is 44.6 Å². The number of sulfonamides is 1. The van der Waals surface area contributed by atoms with Crippen molar-refractivity contribution >= 4 is 21.8 Å². The average Bonchev–Trinajstić information content (AvgIpc) is 2.55. The lowest BCUT2D eigenvalue weighted by Crippen LogP contribution is -2.47. The summed E-state index contributed by atoms with van der Waals surface area (Å²) in [6.45, 7) is 1.10. The Bertz CT molecular complexity index is 710. The van der Waals surface area contributed by atoms with Crippen LogP contribution in [0.1, 0.15) is 12.0 Å². The number of carbonyl (C=O) groups excluding carboxylic acids is 2. The predicted molar refractivity (Wildman–Crippen MR) is 81.9 cm³/mol. The zero-order valence-electron chi connectivity index (χ0n) is 12.9. The van der Waals surface area contributed by atoms with Gasteiger partial charge in [-0.25, -0.2) is 18.3 Å². The molecule has 11 heteroatoms. The highest BCUT2D eigenvalue weighted by Crippen LogP contribution is 2.15.